The van der Waals surface area contributed by atoms with Crippen LogP contribution in [0.25, 0.3) is 0 Å². The fraction of sp³-hybridized carbons (Fsp3) is 0.188. The van der Waals surface area contributed by atoms with Crippen LogP contribution in [0.4, 0.5) is 10.1 Å². The van der Waals surface area contributed by atoms with Crippen molar-refractivity contribution in [2.75, 3.05) is 12.4 Å². The van der Waals surface area contributed by atoms with Gasteiger partial charge in [0.2, 0.25) is 5.91 Å². The molecular weight excluding hydrogens is 287 g/mol. The van der Waals surface area contributed by atoms with Crippen LogP contribution in [0.3, 0.4) is 0 Å². The van der Waals surface area contributed by atoms with Gasteiger partial charge in [0.1, 0.15) is 5.82 Å². The Morgan fingerprint density at radius 3 is 2.52 bits per heavy atom. The molecule has 0 radical (unpaired) electrons. The van der Waals surface area contributed by atoms with Crippen molar-refractivity contribution in [1.29, 1.82) is 0 Å². The lowest BCUT2D eigenvalue weighted by Crippen LogP contribution is -2.07. The molecule has 3 nitrogen and oxygen atoms in total. The molecule has 21 heavy (non-hydrogen) atoms. The fourth-order valence-electron chi connectivity index (χ4n) is 1.92. The molecule has 2 N–H and O–H groups in total. The highest BCUT2D eigenvalue weighted by molar-refractivity contribution is 7.99. The molecule has 0 fully saturated rings. The molecule has 0 heterocycles. The van der Waals surface area contributed by atoms with E-state index < -0.39 is 0 Å². The van der Waals surface area contributed by atoms with Crippen molar-refractivity contribution in [2.24, 2.45) is 0 Å². The molecule has 0 saturated carbocycles. The predicted octanol–water partition coefficient (Wildman–Crippen LogP) is 3.65. The normalized spacial score (nSPS) is 10.4. The van der Waals surface area contributed by atoms with E-state index in [-0.39, 0.29) is 11.7 Å². The Balaban J connectivity index is 2.20. The molecule has 0 saturated heterocycles. The van der Waals surface area contributed by atoms with E-state index in [4.69, 9.17) is 0 Å². The molecule has 0 aliphatic carbocycles. The van der Waals surface area contributed by atoms with E-state index in [2.05, 4.69) is 10.6 Å². The summed E-state index contributed by atoms with van der Waals surface area (Å²) in [5.74, 6) is -0.334. The minimum absolute atomic E-state index is 0.110. The van der Waals surface area contributed by atoms with Crippen LogP contribution in [0.5, 0.6) is 0 Å². The number of hydrogen-bond donors (Lipinski definition) is 2. The second kappa shape index (κ2) is 7.24. The van der Waals surface area contributed by atoms with E-state index in [1.165, 1.54) is 24.8 Å². The molecular formula is C16H17FN2OS. The van der Waals surface area contributed by atoms with Crippen molar-refractivity contribution in [3.63, 3.8) is 0 Å². The fourth-order valence-corrected chi connectivity index (χ4v) is 2.87. The lowest BCUT2D eigenvalue weighted by molar-refractivity contribution is -0.114. The van der Waals surface area contributed by atoms with Crippen LogP contribution in [0.15, 0.2) is 52.3 Å². The average molecular weight is 304 g/mol. The lowest BCUT2D eigenvalue weighted by Gasteiger charge is -2.10. The van der Waals surface area contributed by atoms with Crippen LogP contribution in [-0.2, 0) is 11.3 Å². The Morgan fingerprint density at radius 1 is 1.19 bits per heavy atom. The van der Waals surface area contributed by atoms with Gasteiger partial charge in [0.25, 0.3) is 0 Å². The first-order valence-corrected chi connectivity index (χ1v) is 7.39. The van der Waals surface area contributed by atoms with Crippen LogP contribution in [0.1, 0.15) is 12.5 Å². The maximum absolute atomic E-state index is 14.0. The molecule has 0 aromatic heterocycles. The number of halogens is 1. The maximum Gasteiger partial charge on any atom is 0.221 e. The van der Waals surface area contributed by atoms with Gasteiger partial charge in [-0.05, 0) is 42.9 Å². The summed E-state index contributed by atoms with van der Waals surface area (Å²) in [7, 11) is 1.83. The Morgan fingerprint density at radius 2 is 1.90 bits per heavy atom. The summed E-state index contributed by atoms with van der Waals surface area (Å²) in [6, 6.07) is 12.4. The highest BCUT2D eigenvalue weighted by Crippen LogP contribution is 2.33. The second-order valence-corrected chi connectivity index (χ2v) is 5.65. The van der Waals surface area contributed by atoms with Crippen LogP contribution in [-0.4, -0.2) is 13.0 Å². The quantitative estimate of drug-likeness (QED) is 0.886. The maximum atomic E-state index is 14.0. The topological polar surface area (TPSA) is 41.1 Å². The van der Waals surface area contributed by atoms with E-state index in [1.54, 1.807) is 6.07 Å². The number of amides is 1. The van der Waals surface area contributed by atoms with Crippen molar-refractivity contribution < 1.29 is 9.18 Å². The Hall–Kier alpha value is -1.85. The highest BCUT2D eigenvalue weighted by Gasteiger charge is 2.09. The third-order valence-electron chi connectivity index (χ3n) is 2.81. The van der Waals surface area contributed by atoms with Crippen LogP contribution in [0.2, 0.25) is 0 Å². The summed E-state index contributed by atoms with van der Waals surface area (Å²) in [6.07, 6.45) is 0. The SMILES string of the molecule is CNCc1cccc(F)c1Sc1ccc(NC(C)=O)cc1. The van der Waals surface area contributed by atoms with Crippen molar-refractivity contribution >= 4 is 23.4 Å². The number of rotatable bonds is 5. The van der Waals surface area contributed by atoms with Crippen molar-refractivity contribution in [2.45, 2.75) is 23.3 Å². The Kier molecular flexibility index (Phi) is 5.36. The number of benzene rings is 2. The Bertz CT molecular complexity index is 629. The first-order valence-electron chi connectivity index (χ1n) is 6.57. The van der Waals surface area contributed by atoms with E-state index in [0.717, 1.165) is 16.1 Å². The predicted molar refractivity (Wildman–Crippen MR) is 84.0 cm³/mol. The number of nitrogens with one attached hydrogen (secondary N) is 2. The van der Waals surface area contributed by atoms with E-state index in [1.807, 2.05) is 37.4 Å². The molecule has 2 aromatic carbocycles. The van der Waals surface area contributed by atoms with Gasteiger partial charge in [0.15, 0.2) is 0 Å². The summed E-state index contributed by atoms with van der Waals surface area (Å²) in [5.41, 5.74) is 1.66. The first kappa shape index (κ1) is 15.5. The molecule has 2 rings (SSSR count). The van der Waals surface area contributed by atoms with Gasteiger partial charge in [-0.2, -0.15) is 0 Å². The first-order chi connectivity index (χ1) is 10.1. The van der Waals surface area contributed by atoms with E-state index in [0.29, 0.717) is 11.4 Å². The zero-order chi connectivity index (χ0) is 15.2. The molecule has 2 aromatic rings. The number of hydrogen-bond acceptors (Lipinski definition) is 3. The number of carbonyl (C=O) groups is 1. The van der Waals surface area contributed by atoms with Crippen LogP contribution < -0.4 is 10.6 Å². The van der Waals surface area contributed by atoms with Gasteiger partial charge in [-0.3, -0.25) is 4.79 Å². The van der Waals surface area contributed by atoms with Gasteiger partial charge in [0, 0.05) is 24.1 Å². The molecule has 0 bridgehead atoms. The van der Waals surface area contributed by atoms with Crippen LogP contribution >= 0.6 is 11.8 Å². The lowest BCUT2D eigenvalue weighted by atomic mass is 10.2. The van der Waals surface area contributed by atoms with Crippen molar-refractivity contribution in [3.05, 3.63) is 53.8 Å². The van der Waals surface area contributed by atoms with Gasteiger partial charge in [0.05, 0.1) is 4.90 Å². The zero-order valence-corrected chi connectivity index (χ0v) is 12.8. The Labute approximate surface area is 127 Å². The van der Waals surface area contributed by atoms with Gasteiger partial charge >= 0.3 is 0 Å². The molecule has 1 amide bonds. The van der Waals surface area contributed by atoms with E-state index in [9.17, 15) is 9.18 Å². The molecule has 110 valence electrons. The minimum atomic E-state index is -0.223. The zero-order valence-electron chi connectivity index (χ0n) is 11.9. The monoisotopic (exact) mass is 304 g/mol. The van der Waals surface area contributed by atoms with Crippen molar-refractivity contribution in [3.8, 4) is 0 Å². The smallest absolute Gasteiger partial charge is 0.221 e. The van der Waals surface area contributed by atoms with Gasteiger partial charge in [-0.1, -0.05) is 23.9 Å². The number of carbonyl (C=O) groups excluding carboxylic acids is 1. The molecule has 0 unspecified atom stereocenters. The third kappa shape index (κ3) is 4.31. The average Bonchev–Trinajstić information content (AvgIpc) is 2.44. The van der Waals surface area contributed by atoms with Crippen molar-refractivity contribution in [1.82, 2.24) is 5.32 Å². The summed E-state index contributed by atoms with van der Waals surface area (Å²) >= 11 is 1.38. The highest BCUT2D eigenvalue weighted by atomic mass is 32.2. The molecule has 5 heteroatoms. The number of anilines is 1. The molecule has 0 spiro atoms. The molecule has 0 aliphatic rings. The third-order valence-corrected chi connectivity index (χ3v) is 3.98. The van der Waals surface area contributed by atoms with Gasteiger partial charge < -0.3 is 10.6 Å². The summed E-state index contributed by atoms with van der Waals surface area (Å²) in [5, 5.41) is 5.75. The summed E-state index contributed by atoms with van der Waals surface area (Å²) < 4.78 is 14.0. The van der Waals surface area contributed by atoms with E-state index >= 15 is 0 Å². The van der Waals surface area contributed by atoms with Gasteiger partial charge in [-0.15, -0.1) is 0 Å². The standard InChI is InChI=1S/C16H17FN2OS/c1-11(20)19-13-6-8-14(9-7-13)21-16-12(10-18-2)4-3-5-15(16)17/h3-9,18H,10H2,1-2H3,(H,19,20). The summed E-state index contributed by atoms with van der Waals surface area (Å²) in [6.45, 7) is 2.08. The summed E-state index contributed by atoms with van der Waals surface area (Å²) in [4.78, 5) is 12.5. The largest absolute Gasteiger partial charge is 0.326 e. The molecule has 0 atom stereocenters. The second-order valence-electron chi connectivity index (χ2n) is 4.57. The molecule has 0 aliphatic heterocycles. The van der Waals surface area contributed by atoms with Gasteiger partial charge in [-0.25, -0.2) is 4.39 Å². The van der Waals surface area contributed by atoms with Crippen LogP contribution in [0, 0.1) is 5.82 Å². The minimum Gasteiger partial charge on any atom is -0.326 e.